The van der Waals surface area contributed by atoms with Crippen LogP contribution < -0.4 is 10.6 Å². The van der Waals surface area contributed by atoms with Crippen molar-refractivity contribution >= 4 is 29.4 Å². The van der Waals surface area contributed by atoms with Crippen LogP contribution in [0.5, 0.6) is 0 Å². The summed E-state index contributed by atoms with van der Waals surface area (Å²) in [7, 11) is 0. The molecule has 0 saturated carbocycles. The number of carbonyl (C=O) groups excluding carboxylic acids is 4. The second kappa shape index (κ2) is 21.9. The van der Waals surface area contributed by atoms with Crippen LogP contribution in [0.3, 0.4) is 0 Å². The molecule has 300 valence electrons. The van der Waals surface area contributed by atoms with Crippen LogP contribution in [0.25, 0.3) is 11.1 Å². The first-order valence-corrected chi connectivity index (χ1v) is 19.6. The van der Waals surface area contributed by atoms with Gasteiger partial charge in [-0.3, -0.25) is 19.2 Å². The van der Waals surface area contributed by atoms with Crippen molar-refractivity contribution in [2.75, 3.05) is 6.61 Å². The van der Waals surface area contributed by atoms with Crippen molar-refractivity contribution in [1.29, 1.82) is 0 Å². The second-order valence-electron chi connectivity index (χ2n) is 16.5. The number of ether oxygens (including phenoxy) is 2. The Labute approximate surface area is 323 Å². The SMILES string of the molecule is CCCCC[C@H](NC(=O)[C@H](C)CC(=O)[C@@H](NC(=O)[C@H](COC(C)(C)C)CC(=O)c1ccc(-c2ccc(CCCC)cc2)cc1)[C@@H](C)OC(C)(C)C)C(=O)O. The van der Waals surface area contributed by atoms with Crippen LogP contribution in [0.2, 0.25) is 0 Å². The van der Waals surface area contributed by atoms with Crippen LogP contribution >= 0.6 is 0 Å². The van der Waals surface area contributed by atoms with Crippen LogP contribution in [-0.4, -0.2) is 70.5 Å². The minimum absolute atomic E-state index is 0.0631. The van der Waals surface area contributed by atoms with E-state index in [1.54, 1.807) is 26.0 Å². The highest BCUT2D eigenvalue weighted by Gasteiger charge is 2.35. The molecule has 2 rings (SSSR count). The second-order valence-corrected chi connectivity index (χ2v) is 16.5. The Bertz CT molecular complexity index is 1500. The van der Waals surface area contributed by atoms with E-state index in [1.165, 1.54) is 5.56 Å². The van der Waals surface area contributed by atoms with E-state index < -0.39 is 64.8 Å². The normalized spacial score (nSPS) is 14.7. The Morgan fingerprint density at radius 3 is 1.81 bits per heavy atom. The number of carboxylic acids is 1. The summed E-state index contributed by atoms with van der Waals surface area (Å²) in [4.78, 5) is 66.4. The van der Waals surface area contributed by atoms with Gasteiger partial charge in [0.05, 0.1) is 29.8 Å². The molecular weight excluding hydrogens is 684 g/mol. The number of carboxylic acid groups (broad SMARTS) is 1. The fourth-order valence-corrected chi connectivity index (χ4v) is 6.06. The van der Waals surface area contributed by atoms with Gasteiger partial charge in [-0.1, -0.05) is 95.0 Å². The summed E-state index contributed by atoms with van der Waals surface area (Å²) in [6.07, 6.45) is 4.82. The van der Waals surface area contributed by atoms with Crippen LogP contribution in [0.1, 0.15) is 137 Å². The van der Waals surface area contributed by atoms with E-state index in [2.05, 4.69) is 41.8 Å². The number of amides is 2. The average Bonchev–Trinajstić information content (AvgIpc) is 3.09. The smallest absolute Gasteiger partial charge is 0.326 e. The van der Waals surface area contributed by atoms with Crippen LogP contribution in [0.4, 0.5) is 0 Å². The van der Waals surface area contributed by atoms with Gasteiger partial charge in [-0.25, -0.2) is 4.79 Å². The van der Waals surface area contributed by atoms with Crippen LogP contribution in [-0.2, 0) is 35.1 Å². The molecule has 0 fully saturated rings. The number of carbonyl (C=O) groups is 5. The van der Waals surface area contributed by atoms with Gasteiger partial charge in [0.15, 0.2) is 11.6 Å². The zero-order valence-electron chi connectivity index (χ0n) is 34.4. The molecule has 0 saturated heterocycles. The van der Waals surface area contributed by atoms with E-state index in [0.29, 0.717) is 18.4 Å². The fraction of sp³-hybridized carbons (Fsp3) is 0.614. The topological polar surface area (TPSA) is 148 Å². The lowest BCUT2D eigenvalue weighted by Crippen LogP contribution is -2.53. The van der Waals surface area contributed by atoms with Crippen molar-refractivity contribution < 1.29 is 38.6 Å². The van der Waals surface area contributed by atoms with Gasteiger partial charge in [0.1, 0.15) is 12.1 Å². The number of nitrogens with one attached hydrogen (secondary N) is 2. The highest BCUT2D eigenvalue weighted by Crippen LogP contribution is 2.24. The number of benzene rings is 2. The van der Waals surface area contributed by atoms with Crippen molar-refractivity contribution in [3.63, 3.8) is 0 Å². The Morgan fingerprint density at radius 1 is 0.722 bits per heavy atom. The van der Waals surface area contributed by atoms with E-state index in [1.807, 2.05) is 60.6 Å². The summed E-state index contributed by atoms with van der Waals surface area (Å²) in [6.45, 7) is 18.4. The largest absolute Gasteiger partial charge is 0.480 e. The average molecular weight is 751 g/mol. The van der Waals surface area contributed by atoms with E-state index in [0.717, 1.165) is 43.2 Å². The molecule has 0 aliphatic rings. The molecule has 0 bridgehead atoms. The van der Waals surface area contributed by atoms with E-state index in [9.17, 15) is 29.1 Å². The third-order valence-electron chi connectivity index (χ3n) is 9.15. The monoisotopic (exact) mass is 750 g/mol. The predicted octanol–water partition coefficient (Wildman–Crippen LogP) is 8.13. The molecule has 0 aromatic heterocycles. The molecule has 10 heteroatoms. The molecule has 0 unspecified atom stereocenters. The summed E-state index contributed by atoms with van der Waals surface area (Å²) in [5.41, 5.74) is 2.52. The lowest BCUT2D eigenvalue weighted by molar-refractivity contribution is -0.143. The minimum atomic E-state index is -1.15. The zero-order valence-corrected chi connectivity index (χ0v) is 34.4. The fourth-order valence-electron chi connectivity index (χ4n) is 6.06. The first-order chi connectivity index (χ1) is 25.2. The molecular formula is C44H66N2O8. The van der Waals surface area contributed by atoms with Crippen molar-refractivity contribution in [1.82, 2.24) is 10.6 Å². The molecule has 3 N–H and O–H groups in total. The molecule has 10 nitrogen and oxygen atoms in total. The third kappa shape index (κ3) is 16.6. The summed E-state index contributed by atoms with van der Waals surface area (Å²) < 4.78 is 12.1. The maximum absolute atomic E-state index is 14.0. The molecule has 0 heterocycles. The van der Waals surface area contributed by atoms with Crippen LogP contribution in [0, 0.1) is 11.8 Å². The van der Waals surface area contributed by atoms with Crippen molar-refractivity contribution in [2.24, 2.45) is 11.8 Å². The first-order valence-electron chi connectivity index (χ1n) is 19.6. The molecule has 0 aliphatic heterocycles. The number of hydrogen-bond donors (Lipinski definition) is 3. The van der Waals surface area contributed by atoms with Gasteiger partial charge in [0.25, 0.3) is 0 Å². The number of rotatable bonds is 23. The first kappa shape index (κ1) is 46.3. The maximum Gasteiger partial charge on any atom is 0.326 e. The third-order valence-corrected chi connectivity index (χ3v) is 9.15. The summed E-state index contributed by atoms with van der Waals surface area (Å²) in [5, 5.41) is 15.1. The molecule has 0 spiro atoms. The van der Waals surface area contributed by atoms with Gasteiger partial charge in [-0.2, -0.15) is 0 Å². The molecule has 0 radical (unpaired) electrons. The van der Waals surface area contributed by atoms with Gasteiger partial charge in [-0.15, -0.1) is 0 Å². The van der Waals surface area contributed by atoms with E-state index >= 15 is 0 Å². The Balaban J connectivity index is 2.27. The van der Waals surface area contributed by atoms with Gasteiger partial charge >= 0.3 is 5.97 Å². The van der Waals surface area contributed by atoms with Gasteiger partial charge < -0.3 is 25.2 Å². The minimum Gasteiger partial charge on any atom is -0.480 e. The highest BCUT2D eigenvalue weighted by molar-refractivity contribution is 6.00. The summed E-state index contributed by atoms with van der Waals surface area (Å²) in [5.74, 6) is -4.71. The molecule has 0 aliphatic carbocycles. The Hall–Kier alpha value is -3.89. The number of hydrogen-bond acceptors (Lipinski definition) is 7. The summed E-state index contributed by atoms with van der Waals surface area (Å²) in [6, 6.07) is 13.6. The Kier molecular flexibility index (Phi) is 18.7. The number of aliphatic carboxylic acids is 1. The lowest BCUT2D eigenvalue weighted by atomic mass is 9.93. The van der Waals surface area contributed by atoms with E-state index in [4.69, 9.17) is 9.47 Å². The molecule has 2 aromatic rings. The van der Waals surface area contributed by atoms with Gasteiger partial charge in [0, 0.05) is 24.3 Å². The highest BCUT2D eigenvalue weighted by atomic mass is 16.5. The Morgan fingerprint density at radius 2 is 1.30 bits per heavy atom. The predicted molar refractivity (Wildman–Crippen MR) is 213 cm³/mol. The zero-order chi connectivity index (χ0) is 40.6. The number of Topliss-reactive ketones (excluding diaryl/α,β-unsaturated/α-hetero) is 2. The van der Waals surface area contributed by atoms with Crippen molar-refractivity contribution in [2.45, 2.75) is 156 Å². The number of aryl methyl sites for hydroxylation is 1. The van der Waals surface area contributed by atoms with Crippen molar-refractivity contribution in [3.8, 4) is 11.1 Å². The standard InChI is InChI=1S/C44H66N2O8/c1-11-13-15-17-36(42(51)52)45-40(49)29(3)26-38(48)39(30(4)54-44(8,9)10)46-41(50)35(28-53-43(5,6)7)27-37(47)34-24-22-33(23-25-34)32-20-18-31(19-21-32)16-14-12-2/h18-25,29-30,35-36,39H,11-17,26-28H2,1-10H3,(H,45,49)(H,46,50)(H,51,52)/t29-,30-,35+,36+,39+/m1/s1. The number of unbranched alkanes of at least 4 members (excludes halogenated alkanes) is 3. The summed E-state index contributed by atoms with van der Waals surface area (Å²) >= 11 is 0. The lowest BCUT2D eigenvalue weighted by Gasteiger charge is -2.32. The van der Waals surface area contributed by atoms with Gasteiger partial charge in [-0.05, 0) is 84.4 Å². The molecule has 2 aromatic carbocycles. The molecule has 5 atom stereocenters. The number of ketones is 2. The van der Waals surface area contributed by atoms with Crippen molar-refractivity contribution in [3.05, 3.63) is 59.7 Å². The van der Waals surface area contributed by atoms with Crippen LogP contribution in [0.15, 0.2) is 48.5 Å². The maximum atomic E-state index is 14.0. The molecule has 2 amide bonds. The van der Waals surface area contributed by atoms with E-state index in [-0.39, 0.29) is 25.2 Å². The molecule has 54 heavy (non-hydrogen) atoms. The quantitative estimate of drug-likeness (QED) is 0.0762. The van der Waals surface area contributed by atoms with Gasteiger partial charge in [0.2, 0.25) is 11.8 Å².